The molecule has 0 fully saturated rings. The molecule has 1 N–H and O–H groups in total. The van der Waals surface area contributed by atoms with Gasteiger partial charge in [-0.3, -0.25) is 4.98 Å². The fourth-order valence-electron chi connectivity index (χ4n) is 2.09. The lowest BCUT2D eigenvalue weighted by atomic mass is 10.4. The molecule has 0 radical (unpaired) electrons. The van der Waals surface area contributed by atoms with E-state index in [2.05, 4.69) is 25.4 Å². The summed E-state index contributed by atoms with van der Waals surface area (Å²) in [7, 11) is 0. The first kappa shape index (κ1) is 13.2. The Morgan fingerprint density at radius 2 is 2.19 bits per heavy atom. The van der Waals surface area contributed by atoms with Crippen molar-refractivity contribution in [3.63, 3.8) is 0 Å². The van der Waals surface area contributed by atoms with Crippen LogP contribution in [0.1, 0.15) is 18.4 Å². The molecule has 0 saturated carbocycles. The summed E-state index contributed by atoms with van der Waals surface area (Å²) in [5.41, 5.74) is 1.11. The smallest absolute Gasteiger partial charge is 0.350 e. The largest absolute Gasteiger partial charge is 0.370 e. The molecule has 0 saturated heterocycles. The topological polar surface area (TPSA) is 90.0 Å². The van der Waals surface area contributed by atoms with Gasteiger partial charge >= 0.3 is 5.69 Å². The van der Waals surface area contributed by atoms with E-state index in [9.17, 15) is 4.79 Å². The monoisotopic (exact) mass is 285 g/mol. The maximum Gasteiger partial charge on any atom is 0.350 e. The van der Waals surface area contributed by atoms with Gasteiger partial charge in [0.05, 0.1) is 6.20 Å². The van der Waals surface area contributed by atoms with Gasteiger partial charge in [-0.25, -0.2) is 23.8 Å². The first-order valence-corrected chi connectivity index (χ1v) is 6.65. The van der Waals surface area contributed by atoms with Gasteiger partial charge in [0.1, 0.15) is 12.4 Å². The summed E-state index contributed by atoms with van der Waals surface area (Å²) in [4.78, 5) is 24.9. The third-order valence-electron chi connectivity index (χ3n) is 2.94. The molecule has 8 heteroatoms. The Morgan fingerprint density at radius 1 is 1.33 bits per heavy atom. The Morgan fingerprint density at radius 3 is 2.95 bits per heavy atom. The van der Waals surface area contributed by atoms with Gasteiger partial charge in [0, 0.05) is 30.7 Å². The summed E-state index contributed by atoms with van der Waals surface area (Å²) in [6, 6.07) is 1.86. The van der Waals surface area contributed by atoms with E-state index in [1.165, 1.54) is 9.08 Å². The third-order valence-corrected chi connectivity index (χ3v) is 2.94. The fourth-order valence-corrected chi connectivity index (χ4v) is 2.09. The number of anilines is 1. The van der Waals surface area contributed by atoms with Gasteiger partial charge in [-0.1, -0.05) is 0 Å². The summed E-state index contributed by atoms with van der Waals surface area (Å²) >= 11 is 0. The average Bonchev–Trinajstić information content (AvgIpc) is 2.76. The molecule has 0 aliphatic rings. The average molecular weight is 285 g/mol. The molecule has 0 bridgehead atoms. The summed E-state index contributed by atoms with van der Waals surface area (Å²) < 4.78 is 2.77. The van der Waals surface area contributed by atoms with E-state index in [0.717, 1.165) is 18.1 Å². The molecule has 0 atom stereocenters. The molecule has 21 heavy (non-hydrogen) atoms. The van der Waals surface area contributed by atoms with E-state index in [-0.39, 0.29) is 12.2 Å². The fraction of sp³-hybridized carbons (Fsp3) is 0.308. The van der Waals surface area contributed by atoms with Gasteiger partial charge in [0.2, 0.25) is 0 Å². The number of hydrogen-bond acceptors (Lipinski definition) is 6. The minimum atomic E-state index is -0.234. The molecule has 3 aromatic rings. The summed E-state index contributed by atoms with van der Waals surface area (Å²) in [6.45, 7) is 4.88. The van der Waals surface area contributed by atoms with Crippen LogP contribution in [0.4, 0.5) is 5.82 Å². The number of aromatic nitrogens is 6. The zero-order valence-corrected chi connectivity index (χ0v) is 11.8. The second kappa shape index (κ2) is 5.31. The van der Waals surface area contributed by atoms with Crippen LogP contribution in [0.15, 0.2) is 29.5 Å². The van der Waals surface area contributed by atoms with Crippen molar-refractivity contribution in [1.29, 1.82) is 0 Å². The van der Waals surface area contributed by atoms with Crippen LogP contribution in [0.25, 0.3) is 5.65 Å². The highest BCUT2D eigenvalue weighted by atomic mass is 16.2. The molecule has 0 unspecified atom stereocenters. The van der Waals surface area contributed by atoms with Gasteiger partial charge in [-0.2, -0.15) is 0 Å². The van der Waals surface area contributed by atoms with E-state index in [1.54, 1.807) is 18.6 Å². The molecule has 3 aromatic heterocycles. The van der Waals surface area contributed by atoms with Crippen molar-refractivity contribution >= 4 is 11.5 Å². The minimum absolute atomic E-state index is 0.223. The molecule has 0 spiro atoms. The number of aryl methyl sites for hydroxylation is 1. The second-order valence-corrected chi connectivity index (χ2v) is 4.59. The quantitative estimate of drug-likeness (QED) is 0.749. The zero-order valence-electron chi connectivity index (χ0n) is 11.8. The Balaban J connectivity index is 1.98. The molecule has 3 heterocycles. The van der Waals surface area contributed by atoms with Gasteiger partial charge < -0.3 is 5.32 Å². The van der Waals surface area contributed by atoms with Crippen LogP contribution < -0.4 is 11.0 Å². The maximum atomic E-state index is 12.2. The predicted molar refractivity (Wildman–Crippen MR) is 77.3 cm³/mol. The van der Waals surface area contributed by atoms with Crippen molar-refractivity contribution in [2.75, 3.05) is 11.9 Å². The van der Waals surface area contributed by atoms with Gasteiger partial charge in [-0.05, 0) is 13.8 Å². The minimum Gasteiger partial charge on any atom is -0.370 e. The highest BCUT2D eigenvalue weighted by Gasteiger charge is 2.09. The maximum absolute atomic E-state index is 12.2. The Labute approximate surface area is 120 Å². The lowest BCUT2D eigenvalue weighted by molar-refractivity contribution is 0.629. The van der Waals surface area contributed by atoms with Crippen LogP contribution in [0.2, 0.25) is 0 Å². The molecule has 0 aromatic carbocycles. The highest BCUT2D eigenvalue weighted by molar-refractivity contribution is 5.35. The van der Waals surface area contributed by atoms with Gasteiger partial charge in [0.25, 0.3) is 0 Å². The van der Waals surface area contributed by atoms with E-state index >= 15 is 0 Å². The molecular weight excluding hydrogens is 270 g/mol. The van der Waals surface area contributed by atoms with Crippen LogP contribution in [0.3, 0.4) is 0 Å². The number of hydrogen-bond donors (Lipinski definition) is 1. The van der Waals surface area contributed by atoms with Crippen molar-refractivity contribution in [2.24, 2.45) is 0 Å². The van der Waals surface area contributed by atoms with E-state index in [4.69, 9.17) is 0 Å². The summed E-state index contributed by atoms with van der Waals surface area (Å²) in [5, 5.41) is 7.36. The van der Waals surface area contributed by atoms with Crippen LogP contribution in [0, 0.1) is 6.92 Å². The Hall–Kier alpha value is -2.77. The number of fused-ring (bicyclic) bond motifs is 1. The molecule has 0 amide bonds. The number of nitrogens with zero attached hydrogens (tertiary/aromatic N) is 6. The highest BCUT2D eigenvalue weighted by Crippen LogP contribution is 2.06. The predicted octanol–water partition coefficient (Wildman–Crippen LogP) is 0.470. The van der Waals surface area contributed by atoms with Gasteiger partial charge in [0.15, 0.2) is 11.5 Å². The van der Waals surface area contributed by atoms with E-state index in [1.807, 2.05) is 19.9 Å². The van der Waals surface area contributed by atoms with Crippen molar-refractivity contribution in [1.82, 2.24) is 29.1 Å². The lowest BCUT2D eigenvalue weighted by Gasteiger charge is -2.06. The Bertz CT molecular complexity index is 836. The molecule has 3 rings (SSSR count). The van der Waals surface area contributed by atoms with Crippen molar-refractivity contribution in [3.8, 4) is 0 Å². The van der Waals surface area contributed by atoms with Crippen LogP contribution in [0.5, 0.6) is 0 Å². The van der Waals surface area contributed by atoms with Crippen molar-refractivity contribution in [3.05, 3.63) is 46.7 Å². The van der Waals surface area contributed by atoms with Crippen LogP contribution >= 0.6 is 0 Å². The molecule has 108 valence electrons. The van der Waals surface area contributed by atoms with Gasteiger partial charge in [-0.15, -0.1) is 5.10 Å². The summed E-state index contributed by atoms with van der Waals surface area (Å²) in [6.07, 6.45) is 4.67. The standard InChI is InChI=1S/C13H15N7O/c1-3-15-10-6-9(2)16-11(17-10)8-20-13(21)19-5-4-14-7-12(19)18-20/h4-7H,3,8H2,1-2H3,(H,15,16,17). The van der Waals surface area contributed by atoms with E-state index in [0.29, 0.717) is 11.5 Å². The molecule has 0 aliphatic heterocycles. The van der Waals surface area contributed by atoms with Crippen molar-refractivity contribution in [2.45, 2.75) is 20.4 Å². The van der Waals surface area contributed by atoms with E-state index < -0.39 is 0 Å². The second-order valence-electron chi connectivity index (χ2n) is 4.59. The number of nitrogens with one attached hydrogen (secondary N) is 1. The summed E-state index contributed by atoms with van der Waals surface area (Å²) in [5.74, 6) is 1.29. The normalized spacial score (nSPS) is 11.0. The third kappa shape index (κ3) is 2.60. The lowest BCUT2D eigenvalue weighted by Crippen LogP contribution is -2.23. The zero-order chi connectivity index (χ0) is 14.8. The SMILES string of the molecule is CCNc1cc(C)nc(Cn2nc3cnccn3c2=O)n1. The Kier molecular flexibility index (Phi) is 3.35. The van der Waals surface area contributed by atoms with Crippen molar-refractivity contribution < 1.29 is 0 Å². The van der Waals surface area contributed by atoms with Crippen LogP contribution in [-0.4, -0.2) is 35.7 Å². The van der Waals surface area contributed by atoms with Crippen LogP contribution in [-0.2, 0) is 6.54 Å². The molecule has 8 nitrogen and oxygen atoms in total. The molecule has 0 aliphatic carbocycles. The number of rotatable bonds is 4. The first-order valence-electron chi connectivity index (χ1n) is 6.65. The first-order chi connectivity index (χ1) is 10.2. The molecular formula is C13H15N7O.